The molecule has 0 spiro atoms. The van der Waals surface area contributed by atoms with Gasteiger partial charge in [-0.05, 0) is 73.1 Å². The van der Waals surface area contributed by atoms with E-state index in [-0.39, 0.29) is 10.6 Å². The third-order valence-electron chi connectivity index (χ3n) is 6.92. The molecule has 0 unspecified atom stereocenters. The van der Waals surface area contributed by atoms with E-state index in [1.165, 1.54) is 24.1 Å². The minimum Gasteiger partial charge on any atom is -0.495 e. The zero-order valence-electron chi connectivity index (χ0n) is 20.6. The molecule has 6 rings (SSSR count). The molecule has 0 heterocycles. The van der Waals surface area contributed by atoms with Crippen molar-refractivity contribution < 1.29 is 17.7 Å². The minimum absolute atomic E-state index is 0.0943. The van der Waals surface area contributed by atoms with Crippen LogP contribution in [0.2, 0.25) is 0 Å². The van der Waals surface area contributed by atoms with Crippen LogP contribution in [0.1, 0.15) is 0 Å². The van der Waals surface area contributed by atoms with Crippen molar-refractivity contribution in [3.05, 3.63) is 121 Å². The summed E-state index contributed by atoms with van der Waals surface area (Å²) in [6.07, 6.45) is 0. The third-order valence-corrected chi connectivity index (χ3v) is 7.82. The van der Waals surface area contributed by atoms with E-state index in [1.54, 1.807) is 12.1 Å². The Hall–Kier alpha value is -4.45. The summed E-state index contributed by atoms with van der Waals surface area (Å²) in [5.74, 6) is 0.0943. The van der Waals surface area contributed by atoms with Gasteiger partial charge in [-0.25, -0.2) is 0 Å². The van der Waals surface area contributed by atoms with Crippen LogP contribution in [0, 0.1) is 0 Å². The first kappa shape index (κ1) is 23.9. The van der Waals surface area contributed by atoms with E-state index in [9.17, 15) is 13.0 Å². The summed E-state index contributed by atoms with van der Waals surface area (Å²) >= 11 is 0. The minimum atomic E-state index is -4.41. The first-order valence-electron chi connectivity index (χ1n) is 12.2. The molecule has 0 atom stereocenters. The molecule has 0 radical (unpaired) electrons. The molecular formula is C33H24O4S. The van der Waals surface area contributed by atoms with E-state index < -0.39 is 10.1 Å². The Morgan fingerprint density at radius 1 is 0.526 bits per heavy atom. The number of benzene rings is 6. The molecule has 0 saturated heterocycles. The zero-order valence-corrected chi connectivity index (χ0v) is 21.4. The molecule has 186 valence electrons. The smallest absolute Gasteiger partial charge is 0.298 e. The molecule has 38 heavy (non-hydrogen) atoms. The van der Waals surface area contributed by atoms with Gasteiger partial charge in [0.1, 0.15) is 10.6 Å². The Kier molecular flexibility index (Phi) is 5.95. The molecule has 0 aliphatic heterocycles. The number of hydrogen-bond donors (Lipinski definition) is 1. The molecule has 0 saturated carbocycles. The Bertz CT molecular complexity index is 1910. The number of hydrogen-bond acceptors (Lipinski definition) is 3. The highest BCUT2D eigenvalue weighted by atomic mass is 32.2. The van der Waals surface area contributed by atoms with Crippen molar-refractivity contribution in [1.82, 2.24) is 0 Å². The van der Waals surface area contributed by atoms with Crippen LogP contribution in [-0.4, -0.2) is 20.1 Å². The highest BCUT2D eigenvalue weighted by Crippen LogP contribution is 2.45. The standard InChI is InChI=1S/C33H24O4S/c1-37-30-21-25(17-19-31(30)38(34,35)36)24-16-18-28-29(20-24)33(23-12-6-3-7-13-23)27-15-9-8-14-26(27)32(28)22-10-4-2-5-11-22/h2-21H,1H3,(H,34,35,36). The third kappa shape index (κ3) is 4.12. The van der Waals surface area contributed by atoms with Crippen LogP contribution in [0.25, 0.3) is 54.9 Å². The Labute approximate surface area is 221 Å². The molecule has 0 amide bonds. The van der Waals surface area contributed by atoms with E-state index in [2.05, 4.69) is 72.8 Å². The highest BCUT2D eigenvalue weighted by Gasteiger charge is 2.19. The van der Waals surface area contributed by atoms with Gasteiger partial charge in [-0.15, -0.1) is 0 Å². The number of fused-ring (bicyclic) bond motifs is 2. The normalized spacial score (nSPS) is 11.6. The molecule has 0 fully saturated rings. The van der Waals surface area contributed by atoms with Crippen LogP contribution in [0.5, 0.6) is 5.75 Å². The Morgan fingerprint density at radius 3 is 1.55 bits per heavy atom. The lowest BCUT2D eigenvalue weighted by molar-refractivity contribution is 0.398. The van der Waals surface area contributed by atoms with Crippen LogP contribution < -0.4 is 4.74 Å². The van der Waals surface area contributed by atoms with Gasteiger partial charge >= 0.3 is 0 Å². The maximum Gasteiger partial charge on any atom is 0.298 e. The first-order chi connectivity index (χ1) is 18.5. The lowest BCUT2D eigenvalue weighted by atomic mass is 9.85. The Morgan fingerprint density at radius 2 is 1.00 bits per heavy atom. The summed E-state index contributed by atoms with van der Waals surface area (Å²) in [4.78, 5) is -0.258. The van der Waals surface area contributed by atoms with E-state index in [0.717, 1.165) is 44.0 Å². The number of ether oxygens (including phenoxy) is 1. The molecule has 6 aromatic rings. The van der Waals surface area contributed by atoms with Crippen molar-refractivity contribution in [3.8, 4) is 39.1 Å². The van der Waals surface area contributed by atoms with Gasteiger partial charge in [-0.1, -0.05) is 103 Å². The summed E-state index contributed by atoms with van der Waals surface area (Å²) in [5.41, 5.74) is 6.25. The monoisotopic (exact) mass is 516 g/mol. The fraction of sp³-hybridized carbons (Fsp3) is 0.0303. The molecule has 1 N–H and O–H groups in total. The molecule has 0 aromatic heterocycles. The Balaban J connectivity index is 1.71. The maximum absolute atomic E-state index is 11.8. The fourth-order valence-corrected chi connectivity index (χ4v) is 5.89. The van der Waals surface area contributed by atoms with Crippen molar-refractivity contribution in [2.45, 2.75) is 4.90 Å². The van der Waals surface area contributed by atoms with Gasteiger partial charge < -0.3 is 4.74 Å². The second-order valence-electron chi connectivity index (χ2n) is 9.13. The predicted molar refractivity (Wildman–Crippen MR) is 154 cm³/mol. The SMILES string of the molecule is COc1cc(-c2ccc3c(-c4ccccc4)c4ccccc4c(-c4ccccc4)c3c2)ccc1S(=O)(=O)O. The van der Waals surface area contributed by atoms with Gasteiger partial charge in [0.2, 0.25) is 0 Å². The van der Waals surface area contributed by atoms with Crippen molar-refractivity contribution in [2.24, 2.45) is 0 Å². The van der Waals surface area contributed by atoms with Gasteiger partial charge in [0.15, 0.2) is 0 Å². The summed E-state index contributed by atoms with van der Waals surface area (Å²) in [6.45, 7) is 0. The van der Waals surface area contributed by atoms with Gasteiger partial charge in [0, 0.05) is 0 Å². The maximum atomic E-state index is 11.8. The molecule has 4 nitrogen and oxygen atoms in total. The lowest BCUT2D eigenvalue weighted by Crippen LogP contribution is -2.01. The van der Waals surface area contributed by atoms with Crippen LogP contribution >= 0.6 is 0 Å². The van der Waals surface area contributed by atoms with Crippen LogP contribution in [0.4, 0.5) is 0 Å². The summed E-state index contributed by atoms with van der Waals surface area (Å²) < 4.78 is 38.5. The second-order valence-corrected chi connectivity index (χ2v) is 10.5. The van der Waals surface area contributed by atoms with Crippen molar-refractivity contribution in [2.75, 3.05) is 7.11 Å². The zero-order chi connectivity index (χ0) is 26.3. The quantitative estimate of drug-likeness (QED) is 0.185. The van der Waals surface area contributed by atoms with E-state index in [0.29, 0.717) is 0 Å². The predicted octanol–water partition coefficient (Wildman–Crippen LogP) is 8.25. The van der Waals surface area contributed by atoms with Crippen molar-refractivity contribution >= 4 is 31.7 Å². The van der Waals surface area contributed by atoms with E-state index in [1.807, 2.05) is 30.3 Å². The van der Waals surface area contributed by atoms with E-state index in [4.69, 9.17) is 4.74 Å². The van der Waals surface area contributed by atoms with E-state index >= 15 is 0 Å². The van der Waals surface area contributed by atoms with Gasteiger partial charge in [0.25, 0.3) is 10.1 Å². The van der Waals surface area contributed by atoms with Crippen LogP contribution in [0.3, 0.4) is 0 Å². The van der Waals surface area contributed by atoms with Gasteiger partial charge in [-0.3, -0.25) is 4.55 Å². The summed E-state index contributed by atoms with van der Waals surface area (Å²) in [6, 6.07) is 40.3. The molecule has 0 bridgehead atoms. The largest absolute Gasteiger partial charge is 0.495 e. The second kappa shape index (κ2) is 9.45. The average Bonchev–Trinajstić information content (AvgIpc) is 2.95. The lowest BCUT2D eigenvalue weighted by Gasteiger charge is -2.19. The van der Waals surface area contributed by atoms with Crippen LogP contribution in [-0.2, 0) is 10.1 Å². The van der Waals surface area contributed by atoms with Gasteiger partial charge in [-0.2, -0.15) is 8.42 Å². The topological polar surface area (TPSA) is 63.6 Å². The molecular weight excluding hydrogens is 492 g/mol. The number of methoxy groups -OCH3 is 1. The van der Waals surface area contributed by atoms with Crippen molar-refractivity contribution in [1.29, 1.82) is 0 Å². The van der Waals surface area contributed by atoms with Gasteiger partial charge in [0.05, 0.1) is 7.11 Å². The average molecular weight is 517 g/mol. The number of rotatable bonds is 5. The molecule has 0 aliphatic carbocycles. The highest BCUT2D eigenvalue weighted by molar-refractivity contribution is 7.86. The van der Waals surface area contributed by atoms with Crippen molar-refractivity contribution in [3.63, 3.8) is 0 Å². The molecule has 6 aromatic carbocycles. The first-order valence-corrected chi connectivity index (χ1v) is 13.6. The fourth-order valence-electron chi connectivity index (χ4n) is 5.25. The molecule has 0 aliphatic rings. The van der Waals surface area contributed by atoms with Crippen LogP contribution in [0.15, 0.2) is 126 Å². The summed E-state index contributed by atoms with van der Waals surface area (Å²) in [7, 11) is -3.02. The summed E-state index contributed by atoms with van der Waals surface area (Å²) in [5, 5.41) is 4.54. The molecule has 5 heteroatoms.